The maximum absolute atomic E-state index is 9.14. The standard InChI is InChI=1S/C19H18N.C18H13BO3/c1-20(17-11-5-2-6-12-17,18-13-7-3-8-14-18)19-15-9-4-10-16-19;20-19(21)22-17-7-3-6-12-8-9-15-10-13-4-1-2-5-14(13)11-16(15)18(12)17/h2-16H,1H3;1-11,20-21H/q+1;. The Morgan fingerprint density at radius 1 is 0.476 bits per heavy atom. The van der Waals surface area contributed by atoms with E-state index in [9.17, 15) is 0 Å². The maximum atomic E-state index is 9.14. The molecule has 4 nitrogen and oxygen atoms in total. The summed E-state index contributed by atoms with van der Waals surface area (Å²) in [4.78, 5) is 0. The molecule has 7 rings (SSSR count). The second kappa shape index (κ2) is 11.9. The molecule has 0 unspecified atom stereocenters. The summed E-state index contributed by atoms with van der Waals surface area (Å²) in [6.07, 6.45) is 0. The molecule has 0 saturated heterocycles. The Bertz CT molecular complexity index is 1850. The largest absolute Gasteiger partial charge is 0.707 e. The second-order valence-electron chi connectivity index (χ2n) is 10.3. The van der Waals surface area contributed by atoms with Gasteiger partial charge in [0.05, 0.1) is 7.05 Å². The molecular formula is C37H31BNO3+. The van der Waals surface area contributed by atoms with E-state index in [1.165, 1.54) is 22.4 Å². The van der Waals surface area contributed by atoms with Crippen molar-refractivity contribution in [2.24, 2.45) is 0 Å². The predicted octanol–water partition coefficient (Wildman–Crippen LogP) is 8.78. The van der Waals surface area contributed by atoms with E-state index in [0.717, 1.165) is 26.9 Å². The van der Waals surface area contributed by atoms with Crippen LogP contribution in [-0.2, 0) is 0 Å². The lowest BCUT2D eigenvalue weighted by atomic mass is 9.97. The Kier molecular flexibility index (Phi) is 7.71. The smallest absolute Gasteiger partial charge is 0.511 e. The summed E-state index contributed by atoms with van der Waals surface area (Å²) in [5.41, 5.74) is 3.76. The van der Waals surface area contributed by atoms with Gasteiger partial charge in [0.15, 0.2) is 0 Å². The minimum absolute atomic E-state index is 0.466. The quantitative estimate of drug-likeness (QED) is 0.0979. The van der Waals surface area contributed by atoms with Crippen LogP contribution < -0.4 is 9.14 Å². The van der Waals surface area contributed by atoms with E-state index < -0.39 is 7.32 Å². The topological polar surface area (TPSA) is 49.7 Å². The molecule has 7 aromatic carbocycles. The predicted molar refractivity (Wildman–Crippen MR) is 176 cm³/mol. The van der Waals surface area contributed by atoms with Crippen LogP contribution in [0.3, 0.4) is 0 Å². The molecule has 0 saturated carbocycles. The van der Waals surface area contributed by atoms with E-state index in [2.05, 4.69) is 128 Å². The van der Waals surface area contributed by atoms with Gasteiger partial charge >= 0.3 is 7.32 Å². The zero-order valence-electron chi connectivity index (χ0n) is 23.3. The lowest BCUT2D eigenvalue weighted by molar-refractivity contribution is 0.289. The van der Waals surface area contributed by atoms with Gasteiger partial charge in [-0.15, -0.1) is 0 Å². The highest BCUT2D eigenvalue weighted by Crippen LogP contribution is 2.41. The molecule has 0 fully saturated rings. The van der Waals surface area contributed by atoms with Gasteiger partial charge < -0.3 is 14.7 Å². The highest BCUT2D eigenvalue weighted by Gasteiger charge is 2.30. The number of benzene rings is 7. The molecule has 7 aromatic rings. The van der Waals surface area contributed by atoms with E-state index >= 15 is 0 Å². The molecule has 0 heterocycles. The van der Waals surface area contributed by atoms with Gasteiger partial charge in [0, 0.05) is 5.39 Å². The minimum Gasteiger partial charge on any atom is -0.511 e. The molecule has 0 spiro atoms. The number of rotatable bonds is 5. The first kappa shape index (κ1) is 27.2. The fraction of sp³-hybridized carbons (Fsp3) is 0.0270. The second-order valence-corrected chi connectivity index (χ2v) is 10.3. The molecule has 2 N–H and O–H groups in total. The summed E-state index contributed by atoms with van der Waals surface area (Å²) in [5.74, 6) is 0.466. The average molecular weight is 548 g/mol. The highest BCUT2D eigenvalue weighted by atomic mass is 16.6. The van der Waals surface area contributed by atoms with Crippen molar-refractivity contribution in [1.29, 1.82) is 0 Å². The van der Waals surface area contributed by atoms with Gasteiger partial charge in [-0.05, 0) is 81.5 Å². The molecule has 0 aromatic heterocycles. The third-order valence-corrected chi connectivity index (χ3v) is 7.74. The number of para-hydroxylation sites is 3. The van der Waals surface area contributed by atoms with Gasteiger partial charge in [0.1, 0.15) is 22.8 Å². The monoisotopic (exact) mass is 548 g/mol. The molecule has 0 radical (unpaired) electrons. The molecule has 204 valence electrons. The van der Waals surface area contributed by atoms with Crippen LogP contribution in [0.4, 0.5) is 17.1 Å². The molecule has 0 aliphatic rings. The number of quaternary nitrogens is 1. The van der Waals surface area contributed by atoms with E-state index in [-0.39, 0.29) is 0 Å². The average Bonchev–Trinajstić information content (AvgIpc) is 3.04. The first-order chi connectivity index (χ1) is 20.5. The number of hydrogen-bond donors (Lipinski definition) is 2. The van der Waals surface area contributed by atoms with E-state index in [0.29, 0.717) is 10.2 Å². The third kappa shape index (κ3) is 5.37. The summed E-state index contributed by atoms with van der Waals surface area (Å²) < 4.78 is 5.83. The van der Waals surface area contributed by atoms with Crippen LogP contribution >= 0.6 is 0 Å². The van der Waals surface area contributed by atoms with Crippen molar-refractivity contribution < 1.29 is 14.7 Å². The van der Waals surface area contributed by atoms with Crippen molar-refractivity contribution in [1.82, 2.24) is 4.48 Å². The molecule has 0 aliphatic carbocycles. The first-order valence-corrected chi connectivity index (χ1v) is 13.9. The lowest BCUT2D eigenvalue weighted by Gasteiger charge is -2.33. The number of nitrogens with zero attached hydrogens (tertiary/aromatic N) is 1. The zero-order chi connectivity index (χ0) is 28.9. The van der Waals surface area contributed by atoms with Crippen LogP contribution in [0, 0.1) is 0 Å². The van der Waals surface area contributed by atoms with Crippen LogP contribution in [-0.4, -0.2) is 24.4 Å². The Labute approximate surface area is 246 Å². The van der Waals surface area contributed by atoms with Crippen LogP contribution in [0.5, 0.6) is 5.75 Å². The normalized spacial score (nSPS) is 11.2. The molecule has 5 heteroatoms. The Hall–Kier alpha value is -4.94. The summed E-state index contributed by atoms with van der Waals surface area (Å²) >= 11 is 0. The molecule has 0 aliphatic heterocycles. The number of fused-ring (bicyclic) bond motifs is 4. The third-order valence-electron chi connectivity index (χ3n) is 7.74. The van der Waals surface area contributed by atoms with E-state index in [4.69, 9.17) is 14.7 Å². The zero-order valence-corrected chi connectivity index (χ0v) is 23.3. The summed E-state index contributed by atoms with van der Waals surface area (Å²) in [5, 5.41) is 24.6. The van der Waals surface area contributed by atoms with Gasteiger partial charge in [-0.1, -0.05) is 103 Å². The van der Waals surface area contributed by atoms with Gasteiger partial charge in [-0.25, -0.2) is 4.48 Å². The fourth-order valence-corrected chi connectivity index (χ4v) is 5.60. The van der Waals surface area contributed by atoms with Crippen LogP contribution in [0.25, 0.3) is 32.3 Å². The van der Waals surface area contributed by atoms with Crippen LogP contribution in [0.15, 0.2) is 158 Å². The molecule has 0 amide bonds. The molecular weight excluding hydrogens is 517 g/mol. The Morgan fingerprint density at radius 3 is 1.45 bits per heavy atom. The van der Waals surface area contributed by atoms with Crippen LogP contribution in [0.2, 0.25) is 0 Å². The van der Waals surface area contributed by atoms with Gasteiger partial charge in [-0.2, -0.15) is 0 Å². The van der Waals surface area contributed by atoms with E-state index in [1.807, 2.05) is 30.3 Å². The summed E-state index contributed by atoms with van der Waals surface area (Å²) in [6.45, 7) is 0. The molecule has 0 bridgehead atoms. The van der Waals surface area contributed by atoms with Gasteiger partial charge in [0.25, 0.3) is 0 Å². The van der Waals surface area contributed by atoms with Crippen LogP contribution in [0.1, 0.15) is 0 Å². The Balaban J connectivity index is 0.000000151. The van der Waals surface area contributed by atoms with Gasteiger partial charge in [-0.3, -0.25) is 0 Å². The molecule has 42 heavy (non-hydrogen) atoms. The minimum atomic E-state index is -1.83. The van der Waals surface area contributed by atoms with E-state index in [1.54, 1.807) is 6.07 Å². The van der Waals surface area contributed by atoms with Crippen molar-refractivity contribution >= 4 is 56.7 Å². The highest BCUT2D eigenvalue weighted by molar-refractivity contribution is 6.34. The van der Waals surface area contributed by atoms with Crippen molar-refractivity contribution in [3.8, 4) is 5.75 Å². The van der Waals surface area contributed by atoms with Crippen molar-refractivity contribution in [2.75, 3.05) is 7.05 Å². The van der Waals surface area contributed by atoms with Gasteiger partial charge in [0.2, 0.25) is 0 Å². The van der Waals surface area contributed by atoms with Crippen molar-refractivity contribution in [3.63, 3.8) is 0 Å². The summed E-state index contributed by atoms with van der Waals surface area (Å²) in [6, 6.07) is 53.9. The first-order valence-electron chi connectivity index (χ1n) is 13.9. The van der Waals surface area contributed by atoms with Crippen molar-refractivity contribution in [2.45, 2.75) is 0 Å². The van der Waals surface area contributed by atoms with Crippen molar-refractivity contribution in [3.05, 3.63) is 158 Å². The molecule has 0 atom stereocenters. The lowest BCUT2D eigenvalue weighted by Crippen LogP contribution is -2.33. The fourth-order valence-electron chi connectivity index (χ4n) is 5.60. The number of hydrogen-bond acceptors (Lipinski definition) is 3. The maximum Gasteiger partial charge on any atom is 0.707 e. The summed E-state index contributed by atoms with van der Waals surface area (Å²) in [7, 11) is 0.404. The SMILES string of the molecule is C[N+](c1ccccc1)(c1ccccc1)c1ccccc1.OB(O)Oc1cccc2ccc3cc4ccccc4cc3c12. The Morgan fingerprint density at radius 2 is 0.929 bits per heavy atom.